The Balaban J connectivity index is 1.77. The SMILES string of the molecule is COc1ccc2ncn(Cc3nc4ccc(F)cc4[nH]3)c(=O)c2c1. The lowest BCUT2D eigenvalue weighted by Gasteiger charge is -2.06. The van der Waals surface area contributed by atoms with Gasteiger partial charge in [-0.05, 0) is 36.4 Å². The molecule has 0 saturated heterocycles. The molecule has 0 spiro atoms. The zero-order valence-corrected chi connectivity index (χ0v) is 12.8. The fourth-order valence-electron chi connectivity index (χ4n) is 2.65. The monoisotopic (exact) mass is 324 g/mol. The summed E-state index contributed by atoms with van der Waals surface area (Å²) in [7, 11) is 1.55. The molecule has 0 fully saturated rings. The molecular weight excluding hydrogens is 311 g/mol. The molecule has 0 amide bonds. The van der Waals surface area contributed by atoms with Gasteiger partial charge < -0.3 is 9.72 Å². The first-order chi connectivity index (χ1) is 11.6. The minimum absolute atomic E-state index is 0.189. The van der Waals surface area contributed by atoms with Crippen molar-refractivity contribution in [1.29, 1.82) is 0 Å². The molecule has 6 nitrogen and oxygen atoms in total. The summed E-state index contributed by atoms with van der Waals surface area (Å²) in [5.41, 5.74) is 1.65. The van der Waals surface area contributed by atoms with E-state index in [-0.39, 0.29) is 17.9 Å². The number of methoxy groups -OCH3 is 1. The van der Waals surface area contributed by atoms with Gasteiger partial charge in [0.2, 0.25) is 0 Å². The van der Waals surface area contributed by atoms with E-state index in [4.69, 9.17) is 4.74 Å². The highest BCUT2D eigenvalue weighted by Crippen LogP contribution is 2.16. The Kier molecular flexibility index (Phi) is 3.26. The van der Waals surface area contributed by atoms with Crippen molar-refractivity contribution >= 4 is 21.9 Å². The van der Waals surface area contributed by atoms with Crippen molar-refractivity contribution in [2.45, 2.75) is 6.54 Å². The molecule has 1 N–H and O–H groups in total. The number of benzene rings is 2. The second kappa shape index (κ2) is 5.45. The van der Waals surface area contributed by atoms with E-state index in [0.29, 0.717) is 33.5 Å². The van der Waals surface area contributed by atoms with Crippen molar-refractivity contribution in [2.75, 3.05) is 7.11 Å². The Morgan fingerprint density at radius 3 is 2.88 bits per heavy atom. The lowest BCUT2D eigenvalue weighted by molar-refractivity contribution is 0.415. The number of rotatable bonds is 3. The minimum Gasteiger partial charge on any atom is -0.497 e. The Morgan fingerprint density at radius 1 is 1.21 bits per heavy atom. The summed E-state index contributed by atoms with van der Waals surface area (Å²) in [5.74, 6) is 0.814. The molecule has 7 heteroatoms. The van der Waals surface area contributed by atoms with E-state index >= 15 is 0 Å². The van der Waals surface area contributed by atoms with Gasteiger partial charge in [-0.15, -0.1) is 0 Å². The van der Waals surface area contributed by atoms with Crippen LogP contribution in [0.1, 0.15) is 5.82 Å². The number of hydrogen-bond acceptors (Lipinski definition) is 4. The van der Waals surface area contributed by atoms with Gasteiger partial charge in [-0.2, -0.15) is 0 Å². The number of imidazole rings is 1. The van der Waals surface area contributed by atoms with Crippen LogP contribution in [0.5, 0.6) is 5.75 Å². The van der Waals surface area contributed by atoms with Crippen LogP contribution in [0, 0.1) is 5.82 Å². The summed E-state index contributed by atoms with van der Waals surface area (Å²) in [5, 5.41) is 0.471. The molecule has 0 unspecified atom stereocenters. The largest absolute Gasteiger partial charge is 0.497 e. The number of aromatic nitrogens is 4. The van der Waals surface area contributed by atoms with Crippen molar-refractivity contribution in [3.63, 3.8) is 0 Å². The van der Waals surface area contributed by atoms with E-state index < -0.39 is 0 Å². The third kappa shape index (κ3) is 2.40. The second-order valence-corrected chi connectivity index (χ2v) is 5.41. The quantitative estimate of drug-likeness (QED) is 0.628. The molecule has 0 atom stereocenters. The van der Waals surface area contributed by atoms with Crippen LogP contribution < -0.4 is 10.3 Å². The normalized spacial score (nSPS) is 11.2. The van der Waals surface area contributed by atoms with Crippen LogP contribution in [0.25, 0.3) is 21.9 Å². The van der Waals surface area contributed by atoms with E-state index in [1.54, 1.807) is 31.4 Å². The molecule has 120 valence electrons. The van der Waals surface area contributed by atoms with E-state index in [9.17, 15) is 9.18 Å². The van der Waals surface area contributed by atoms with E-state index in [1.165, 1.54) is 23.0 Å². The topological polar surface area (TPSA) is 72.8 Å². The highest BCUT2D eigenvalue weighted by Gasteiger charge is 2.09. The van der Waals surface area contributed by atoms with Crippen molar-refractivity contribution in [3.05, 3.63) is 64.7 Å². The maximum Gasteiger partial charge on any atom is 0.261 e. The summed E-state index contributed by atoms with van der Waals surface area (Å²) < 4.78 is 19.9. The molecule has 0 aliphatic heterocycles. The van der Waals surface area contributed by atoms with E-state index in [0.717, 1.165) is 0 Å². The number of fused-ring (bicyclic) bond motifs is 2. The third-order valence-electron chi connectivity index (χ3n) is 3.84. The van der Waals surface area contributed by atoms with Gasteiger partial charge in [0.05, 0.1) is 41.9 Å². The van der Waals surface area contributed by atoms with Gasteiger partial charge in [-0.25, -0.2) is 14.4 Å². The van der Waals surface area contributed by atoms with Crippen molar-refractivity contribution in [3.8, 4) is 5.75 Å². The average molecular weight is 324 g/mol. The fourth-order valence-corrected chi connectivity index (χ4v) is 2.65. The first kappa shape index (κ1) is 14.4. The van der Waals surface area contributed by atoms with Crippen molar-refractivity contribution in [2.24, 2.45) is 0 Å². The van der Waals surface area contributed by atoms with Gasteiger partial charge >= 0.3 is 0 Å². The van der Waals surface area contributed by atoms with Crippen LogP contribution in [0.2, 0.25) is 0 Å². The zero-order chi connectivity index (χ0) is 16.7. The minimum atomic E-state index is -0.339. The highest BCUT2D eigenvalue weighted by atomic mass is 19.1. The number of halogens is 1. The highest BCUT2D eigenvalue weighted by molar-refractivity contribution is 5.79. The van der Waals surface area contributed by atoms with Crippen LogP contribution in [-0.4, -0.2) is 26.6 Å². The number of hydrogen-bond donors (Lipinski definition) is 1. The van der Waals surface area contributed by atoms with Gasteiger partial charge in [0, 0.05) is 0 Å². The van der Waals surface area contributed by atoms with Crippen LogP contribution in [0.3, 0.4) is 0 Å². The lowest BCUT2D eigenvalue weighted by Crippen LogP contribution is -2.21. The third-order valence-corrected chi connectivity index (χ3v) is 3.84. The van der Waals surface area contributed by atoms with Crippen molar-refractivity contribution < 1.29 is 9.13 Å². The van der Waals surface area contributed by atoms with Gasteiger partial charge in [0.1, 0.15) is 17.4 Å². The number of nitrogens with zero attached hydrogens (tertiary/aromatic N) is 3. The average Bonchev–Trinajstić information content (AvgIpc) is 2.98. The Labute approximate surface area is 135 Å². The summed E-state index contributed by atoms with van der Waals surface area (Å²) >= 11 is 0. The molecule has 0 aliphatic rings. The molecular formula is C17H13FN4O2. The molecule has 0 radical (unpaired) electrons. The van der Waals surface area contributed by atoms with Gasteiger partial charge in [-0.3, -0.25) is 9.36 Å². The van der Waals surface area contributed by atoms with Gasteiger partial charge in [0.15, 0.2) is 0 Å². The van der Waals surface area contributed by atoms with Crippen molar-refractivity contribution in [1.82, 2.24) is 19.5 Å². The smallest absolute Gasteiger partial charge is 0.261 e. The molecule has 0 aliphatic carbocycles. The lowest BCUT2D eigenvalue weighted by atomic mass is 10.2. The molecule has 2 aromatic heterocycles. The molecule has 2 heterocycles. The van der Waals surface area contributed by atoms with Crippen LogP contribution in [0.4, 0.5) is 4.39 Å². The maximum atomic E-state index is 13.3. The fraction of sp³-hybridized carbons (Fsp3) is 0.118. The van der Waals surface area contributed by atoms with Crippen LogP contribution in [-0.2, 0) is 6.54 Å². The first-order valence-electron chi connectivity index (χ1n) is 7.31. The Morgan fingerprint density at radius 2 is 2.04 bits per heavy atom. The molecule has 0 saturated carbocycles. The molecule has 2 aromatic carbocycles. The van der Waals surface area contributed by atoms with Gasteiger partial charge in [-0.1, -0.05) is 0 Å². The zero-order valence-electron chi connectivity index (χ0n) is 12.8. The predicted octanol–water partition coefficient (Wildman–Crippen LogP) is 2.47. The summed E-state index contributed by atoms with van der Waals surface area (Å²) in [6.45, 7) is 0.218. The number of H-pyrrole nitrogens is 1. The molecule has 0 bridgehead atoms. The van der Waals surface area contributed by atoms with Crippen LogP contribution >= 0.6 is 0 Å². The number of nitrogens with one attached hydrogen (secondary N) is 1. The summed E-state index contributed by atoms with van der Waals surface area (Å²) in [6.07, 6.45) is 1.48. The molecule has 24 heavy (non-hydrogen) atoms. The number of aromatic amines is 1. The van der Waals surface area contributed by atoms with E-state index in [2.05, 4.69) is 15.0 Å². The second-order valence-electron chi connectivity index (χ2n) is 5.41. The van der Waals surface area contributed by atoms with E-state index in [1.807, 2.05) is 0 Å². The van der Waals surface area contributed by atoms with Crippen LogP contribution in [0.15, 0.2) is 47.5 Å². The molecule has 4 rings (SSSR count). The predicted molar refractivity (Wildman–Crippen MR) is 87.7 cm³/mol. The summed E-state index contributed by atoms with van der Waals surface area (Å²) in [6, 6.07) is 9.48. The summed E-state index contributed by atoms with van der Waals surface area (Å²) in [4.78, 5) is 24.3. The first-order valence-corrected chi connectivity index (χ1v) is 7.31. The standard InChI is InChI=1S/C17H13FN4O2/c1-24-11-3-5-13-12(7-11)17(23)22(9-19-13)8-16-20-14-4-2-10(18)6-15(14)21-16/h2-7,9H,8H2,1H3,(H,20,21). The Hall–Kier alpha value is -3.22. The number of ether oxygens (including phenoxy) is 1. The van der Waals surface area contributed by atoms with Gasteiger partial charge in [0.25, 0.3) is 5.56 Å². The maximum absolute atomic E-state index is 13.3. The Bertz CT molecular complexity index is 1120. The molecule has 4 aromatic rings.